The lowest BCUT2D eigenvalue weighted by atomic mass is 10.2. The first kappa shape index (κ1) is 9.61. The molecule has 1 heterocycles. The van der Waals surface area contributed by atoms with Crippen molar-refractivity contribution in [3.63, 3.8) is 0 Å². The molecule has 0 unspecified atom stereocenters. The van der Waals surface area contributed by atoms with Crippen LogP contribution in [0, 0.1) is 5.82 Å². The SMILES string of the molecule is Fc1cc(Cl)ccc1-c1nc(Br)no1. The minimum atomic E-state index is -0.492. The molecule has 6 heteroatoms. The standard InChI is InChI=1S/C8H3BrClFN2O/c9-8-12-7(14-13-8)5-2-1-4(10)3-6(5)11/h1-3H. The smallest absolute Gasteiger partial charge is 0.261 e. The first-order chi connectivity index (χ1) is 6.66. The third-order valence-electron chi connectivity index (χ3n) is 1.56. The van der Waals surface area contributed by atoms with E-state index in [0.717, 1.165) is 0 Å². The number of benzene rings is 1. The molecular formula is C8H3BrClFN2O. The van der Waals surface area contributed by atoms with Crippen molar-refractivity contribution in [2.75, 3.05) is 0 Å². The van der Waals surface area contributed by atoms with Crippen LogP contribution in [0.4, 0.5) is 4.39 Å². The molecule has 2 rings (SSSR count). The van der Waals surface area contributed by atoms with Crippen LogP contribution in [0.1, 0.15) is 0 Å². The van der Waals surface area contributed by atoms with Crippen LogP contribution < -0.4 is 0 Å². The Kier molecular flexibility index (Phi) is 2.52. The van der Waals surface area contributed by atoms with E-state index in [0.29, 0.717) is 5.02 Å². The van der Waals surface area contributed by atoms with Crippen molar-refractivity contribution in [1.29, 1.82) is 0 Å². The summed E-state index contributed by atoms with van der Waals surface area (Å²) >= 11 is 8.60. The predicted molar refractivity (Wildman–Crippen MR) is 52.4 cm³/mol. The van der Waals surface area contributed by atoms with E-state index in [-0.39, 0.29) is 16.2 Å². The van der Waals surface area contributed by atoms with Crippen LogP contribution in [0.15, 0.2) is 27.5 Å². The Morgan fingerprint density at radius 3 is 2.79 bits per heavy atom. The molecule has 3 nitrogen and oxygen atoms in total. The zero-order valence-electron chi connectivity index (χ0n) is 6.67. The number of hydrogen-bond donors (Lipinski definition) is 0. The molecule has 0 amide bonds. The summed E-state index contributed by atoms with van der Waals surface area (Å²) in [7, 11) is 0. The van der Waals surface area contributed by atoms with Gasteiger partial charge in [-0.2, -0.15) is 4.98 Å². The summed E-state index contributed by atoms with van der Waals surface area (Å²) in [4.78, 5) is 3.83. The molecule has 0 spiro atoms. The van der Waals surface area contributed by atoms with Gasteiger partial charge in [-0.3, -0.25) is 0 Å². The maximum atomic E-state index is 13.3. The van der Waals surface area contributed by atoms with E-state index in [2.05, 4.69) is 26.1 Å². The molecule has 0 bridgehead atoms. The molecular weight excluding hydrogens is 274 g/mol. The van der Waals surface area contributed by atoms with E-state index in [9.17, 15) is 4.39 Å². The van der Waals surface area contributed by atoms with Gasteiger partial charge in [0.2, 0.25) is 4.73 Å². The van der Waals surface area contributed by atoms with Crippen LogP contribution in [-0.2, 0) is 0 Å². The van der Waals surface area contributed by atoms with Crippen molar-refractivity contribution in [2.45, 2.75) is 0 Å². The molecule has 0 radical (unpaired) electrons. The fourth-order valence-corrected chi connectivity index (χ4v) is 1.37. The zero-order chi connectivity index (χ0) is 10.1. The summed E-state index contributed by atoms with van der Waals surface area (Å²) in [6.45, 7) is 0. The molecule has 0 saturated carbocycles. The molecule has 0 saturated heterocycles. The Labute approximate surface area is 92.0 Å². The van der Waals surface area contributed by atoms with E-state index >= 15 is 0 Å². The average molecular weight is 277 g/mol. The number of hydrogen-bond acceptors (Lipinski definition) is 3. The number of aromatic nitrogens is 2. The molecule has 1 aromatic heterocycles. The van der Waals surface area contributed by atoms with Crippen molar-refractivity contribution >= 4 is 27.5 Å². The van der Waals surface area contributed by atoms with Gasteiger partial charge in [-0.1, -0.05) is 11.6 Å². The highest BCUT2D eigenvalue weighted by Gasteiger charge is 2.12. The lowest BCUT2D eigenvalue weighted by Gasteiger charge is -1.96. The topological polar surface area (TPSA) is 38.9 Å². The molecule has 2 aromatic rings. The summed E-state index contributed by atoms with van der Waals surface area (Å²) in [5, 5.41) is 3.81. The first-order valence-electron chi connectivity index (χ1n) is 3.61. The van der Waals surface area contributed by atoms with Gasteiger partial charge >= 0.3 is 0 Å². The fourth-order valence-electron chi connectivity index (χ4n) is 0.978. The summed E-state index contributed by atoms with van der Waals surface area (Å²) in [6, 6.07) is 4.23. The Morgan fingerprint density at radius 1 is 1.43 bits per heavy atom. The third-order valence-corrected chi connectivity index (χ3v) is 2.12. The quantitative estimate of drug-likeness (QED) is 0.803. The van der Waals surface area contributed by atoms with Crippen LogP contribution in [0.5, 0.6) is 0 Å². The van der Waals surface area contributed by atoms with Gasteiger partial charge in [0, 0.05) is 5.02 Å². The van der Waals surface area contributed by atoms with Crippen LogP contribution in [0.2, 0.25) is 5.02 Å². The van der Waals surface area contributed by atoms with Gasteiger partial charge in [0.05, 0.1) is 5.56 Å². The third kappa shape index (κ3) is 1.78. The van der Waals surface area contributed by atoms with Crippen molar-refractivity contribution < 1.29 is 8.91 Å². The van der Waals surface area contributed by atoms with E-state index in [1.165, 1.54) is 12.1 Å². The fraction of sp³-hybridized carbons (Fsp3) is 0. The van der Waals surface area contributed by atoms with Crippen molar-refractivity contribution in [3.8, 4) is 11.5 Å². The Balaban J connectivity index is 2.52. The van der Waals surface area contributed by atoms with E-state index in [1.54, 1.807) is 6.07 Å². The lowest BCUT2D eigenvalue weighted by molar-refractivity contribution is 0.424. The van der Waals surface area contributed by atoms with Gasteiger partial charge in [-0.05, 0) is 39.3 Å². The summed E-state index contributed by atoms with van der Waals surface area (Å²) in [5.74, 6) is -0.375. The second kappa shape index (κ2) is 3.67. The van der Waals surface area contributed by atoms with Crippen LogP contribution in [-0.4, -0.2) is 10.1 Å². The summed E-state index contributed by atoms with van der Waals surface area (Å²) in [6.07, 6.45) is 0. The highest BCUT2D eigenvalue weighted by atomic mass is 79.9. The highest BCUT2D eigenvalue weighted by Crippen LogP contribution is 2.24. The molecule has 0 atom stereocenters. The van der Waals surface area contributed by atoms with E-state index in [4.69, 9.17) is 16.1 Å². The minimum absolute atomic E-state index is 0.117. The number of nitrogens with zero attached hydrogens (tertiary/aromatic N) is 2. The molecule has 0 N–H and O–H groups in total. The molecule has 0 fully saturated rings. The normalized spacial score (nSPS) is 10.5. The lowest BCUT2D eigenvalue weighted by Crippen LogP contribution is -1.83. The van der Waals surface area contributed by atoms with Gasteiger partial charge in [-0.25, -0.2) is 4.39 Å². The van der Waals surface area contributed by atoms with Gasteiger partial charge in [-0.15, -0.1) is 0 Å². The van der Waals surface area contributed by atoms with E-state index in [1.807, 2.05) is 0 Å². The van der Waals surface area contributed by atoms with Crippen molar-refractivity contribution in [3.05, 3.63) is 33.8 Å². The van der Waals surface area contributed by atoms with Crippen molar-refractivity contribution in [2.24, 2.45) is 0 Å². The molecule has 0 aliphatic carbocycles. The summed E-state index contributed by atoms with van der Waals surface area (Å²) in [5.41, 5.74) is 0.229. The van der Waals surface area contributed by atoms with Gasteiger partial charge in [0.1, 0.15) is 5.82 Å². The molecule has 72 valence electrons. The molecule has 0 aliphatic heterocycles. The molecule has 0 aliphatic rings. The van der Waals surface area contributed by atoms with Crippen LogP contribution >= 0.6 is 27.5 Å². The maximum absolute atomic E-state index is 13.3. The van der Waals surface area contributed by atoms with Gasteiger partial charge in [0.15, 0.2) is 0 Å². The van der Waals surface area contributed by atoms with Crippen molar-refractivity contribution in [1.82, 2.24) is 10.1 Å². The second-order valence-electron chi connectivity index (χ2n) is 2.49. The Bertz CT molecular complexity index is 474. The van der Waals surface area contributed by atoms with E-state index < -0.39 is 5.82 Å². The van der Waals surface area contributed by atoms with Gasteiger partial charge < -0.3 is 4.52 Å². The number of halogens is 3. The average Bonchev–Trinajstić information content (AvgIpc) is 2.51. The van der Waals surface area contributed by atoms with Crippen LogP contribution in [0.25, 0.3) is 11.5 Å². The minimum Gasteiger partial charge on any atom is -0.333 e. The first-order valence-corrected chi connectivity index (χ1v) is 4.78. The van der Waals surface area contributed by atoms with Gasteiger partial charge in [0.25, 0.3) is 5.89 Å². The largest absolute Gasteiger partial charge is 0.333 e. The maximum Gasteiger partial charge on any atom is 0.261 e. The molecule has 14 heavy (non-hydrogen) atoms. The zero-order valence-corrected chi connectivity index (χ0v) is 9.01. The second-order valence-corrected chi connectivity index (χ2v) is 3.64. The molecule has 1 aromatic carbocycles. The predicted octanol–water partition coefficient (Wildman–Crippen LogP) is 3.29. The Morgan fingerprint density at radius 2 is 2.21 bits per heavy atom. The Hall–Kier alpha value is -0.940. The number of rotatable bonds is 1. The van der Waals surface area contributed by atoms with Crippen LogP contribution in [0.3, 0.4) is 0 Å². The summed E-state index contributed by atoms with van der Waals surface area (Å²) < 4.78 is 18.4. The highest BCUT2D eigenvalue weighted by molar-refractivity contribution is 9.10. The monoisotopic (exact) mass is 276 g/mol.